The van der Waals surface area contributed by atoms with E-state index < -0.39 is 36.2 Å². The van der Waals surface area contributed by atoms with Crippen LogP contribution in [0.1, 0.15) is 84.0 Å². The predicted molar refractivity (Wildman–Crippen MR) is 370 cm³/mol. The van der Waals surface area contributed by atoms with E-state index >= 15 is 0 Å². The lowest BCUT2D eigenvalue weighted by atomic mass is 9.86. The van der Waals surface area contributed by atoms with E-state index in [1.807, 2.05) is 60.7 Å². The number of carboxylic acids is 1. The lowest BCUT2D eigenvalue weighted by Gasteiger charge is -2.25. The van der Waals surface area contributed by atoms with Gasteiger partial charge >= 0.3 is 44.2 Å². The first-order chi connectivity index (χ1) is 41.1. The number of Topliss-reactive ketones (excluding diaryl/α,β-unsaturated/α-hetero) is 1. The van der Waals surface area contributed by atoms with Crippen LogP contribution in [0, 0.1) is 5.92 Å². The van der Waals surface area contributed by atoms with Gasteiger partial charge in [0.05, 0.1) is 59.2 Å². The standard InChI is InChI=1S/C34H41N5O5S2.C10H15N3O4S.C10H13N3O3S.2CH4.BF.I2.HI/c1-39(21-29-19-35-23-45-29)33(42)38-31(14-15-40)32(41)18-27(16-25-8-4-2-5-9-25)12-13-28(17-26-10-6-3-7-11-26)37-34(43)44-22-30-20-36-24-46-30;1-13(5-7-4-11-6-18-7)10(17)12-8(2-3-14)9(15)16;1-13(5-7-4-11-6-17-7)10(15)12-8-2-3-16-9(8)14;;;2*1-2;/h2-11,19-20,23-24,27-28,31,40H,12-18,21-22H2,1H3,(H,37,43)(H,38,42);4,6,8,14H,2-3,5H2,1H3,(H,12,17)(H,15,16);4,6,8H,2-3,5H2,1H3,(H,12,15);2*1H4;;;1H/t27-,28-,31+;2*8-;;;;;/m100...../s1. The third-order valence-corrected chi connectivity index (χ3v) is 15.3. The number of alkyl carbamates (subject to hydrolysis) is 1. The molecule has 7 amide bonds. The number of hydrogen-bond donors (Lipinski definition) is 7. The predicted octanol–water partition coefficient (Wildman–Crippen LogP) is 10.0. The molecule has 1 saturated heterocycles. The van der Waals surface area contributed by atoms with Gasteiger partial charge in [-0.2, -0.15) is 0 Å². The highest BCUT2D eigenvalue weighted by atomic mass is 128. The third kappa shape index (κ3) is 33.0. The number of nitrogens with zero attached hydrogens (tertiary/aromatic N) is 7. The molecule has 2 aromatic carbocycles. The molecule has 7 rings (SSSR count). The van der Waals surface area contributed by atoms with Crippen LogP contribution in [0.15, 0.2) is 107 Å². The molecule has 6 aromatic rings. The number of aromatic nitrogens is 4. The van der Waals surface area contributed by atoms with E-state index in [2.05, 4.69) is 86.6 Å². The molecule has 1 aliphatic rings. The highest BCUT2D eigenvalue weighted by molar-refractivity contribution is 15.0. The van der Waals surface area contributed by atoms with Crippen LogP contribution in [-0.4, -0.2) is 165 Å². The van der Waals surface area contributed by atoms with Crippen LogP contribution in [0.5, 0.6) is 0 Å². The number of rotatable bonds is 27. The number of hydrogen-bond acceptors (Lipinski definition) is 19. The van der Waals surface area contributed by atoms with E-state index in [0.717, 1.165) is 30.6 Å². The number of benzene rings is 2. The Kier molecular flexibility index (Phi) is 45.7. The van der Waals surface area contributed by atoms with Crippen LogP contribution in [0.3, 0.4) is 0 Å². The van der Waals surface area contributed by atoms with Gasteiger partial charge in [-0.1, -0.05) is 75.5 Å². The second kappa shape index (κ2) is 48.6. The van der Waals surface area contributed by atoms with Crippen molar-refractivity contribution in [2.75, 3.05) is 41.0 Å². The zero-order chi connectivity index (χ0) is 62.4. The fourth-order valence-electron chi connectivity index (χ4n) is 7.98. The van der Waals surface area contributed by atoms with Gasteiger partial charge in [0.2, 0.25) is 0 Å². The number of halogens is 4. The van der Waals surface area contributed by atoms with Gasteiger partial charge in [0.1, 0.15) is 18.7 Å². The summed E-state index contributed by atoms with van der Waals surface area (Å²) in [7, 11) is 7.90. The molecule has 32 heteroatoms. The van der Waals surface area contributed by atoms with Gasteiger partial charge in [-0.25, -0.2) is 28.8 Å². The fourth-order valence-corrected chi connectivity index (χ4v) is 10.4. The number of urea groups is 3. The highest BCUT2D eigenvalue weighted by Gasteiger charge is 2.30. The topological polar surface area (TPSA) is 308 Å². The monoisotopic (exact) mass is 1640 g/mol. The zero-order valence-corrected chi connectivity index (χ0v) is 57.2. The second-order valence-corrected chi connectivity index (χ2v) is 22.6. The molecule has 1 aliphatic heterocycles. The lowest BCUT2D eigenvalue weighted by molar-refractivity contribution is -0.140. The minimum Gasteiger partial charge on any atom is -0.480 e. The van der Waals surface area contributed by atoms with Crippen LogP contribution >= 0.6 is 107 Å². The molecule has 0 saturated carbocycles. The number of nitrogens with one attached hydrogen (secondary N) is 4. The summed E-state index contributed by atoms with van der Waals surface area (Å²) in [4.78, 5) is 109. The first-order valence-corrected chi connectivity index (χ1v) is 36.0. The largest absolute Gasteiger partial charge is 0.480 e. The molecule has 5 heterocycles. The van der Waals surface area contributed by atoms with Crippen LogP contribution in [0.2, 0.25) is 0 Å². The number of esters is 1. The number of carboxylic acid groups (broad SMARTS) is 1. The number of carbonyl (C=O) groups is 7. The molecule has 2 radical (unpaired) electrons. The number of cyclic esters (lactones) is 1. The van der Waals surface area contributed by atoms with Gasteiger partial charge in [-0.3, -0.25) is 24.7 Å². The van der Waals surface area contributed by atoms with Crippen molar-refractivity contribution in [3.05, 3.63) is 138 Å². The average molecular weight is 1640 g/mol. The maximum atomic E-state index is 13.7. The average Bonchev–Trinajstić information content (AvgIpc) is 3.71. The van der Waals surface area contributed by atoms with Gasteiger partial charge in [0, 0.05) is 136 Å². The number of carbonyl (C=O) groups excluding carboxylic acids is 6. The third-order valence-electron chi connectivity index (χ3n) is 12.3. The van der Waals surface area contributed by atoms with E-state index in [4.69, 9.17) is 24.0 Å². The van der Waals surface area contributed by atoms with Crippen LogP contribution in [0.4, 0.5) is 23.5 Å². The van der Waals surface area contributed by atoms with Crippen molar-refractivity contribution in [3.63, 3.8) is 0 Å². The van der Waals surface area contributed by atoms with Gasteiger partial charge in [-0.15, -0.1) is 69.3 Å². The number of aliphatic hydroxyl groups is 2. The summed E-state index contributed by atoms with van der Waals surface area (Å²) in [5.74, 6) is -1.71. The van der Waals surface area contributed by atoms with Crippen molar-refractivity contribution < 1.29 is 62.7 Å². The number of ether oxygens (including phenoxy) is 2. The molecule has 0 aliphatic carbocycles. The maximum absolute atomic E-state index is 13.7. The summed E-state index contributed by atoms with van der Waals surface area (Å²) in [5.41, 5.74) is 8.96. The Morgan fingerprint density at radius 3 is 1.51 bits per heavy atom. The Bertz CT molecular complexity index is 2820. The van der Waals surface area contributed by atoms with Gasteiger partial charge in [0.15, 0.2) is 5.78 Å². The molecule has 23 nitrogen and oxygen atoms in total. The summed E-state index contributed by atoms with van der Waals surface area (Å²) < 4.78 is 19.2. The molecule has 88 heavy (non-hydrogen) atoms. The van der Waals surface area contributed by atoms with E-state index in [-0.39, 0.29) is 114 Å². The fraction of sp³-hybridized carbons (Fsp3) is 0.446. The van der Waals surface area contributed by atoms with Gasteiger partial charge in [-0.05, 0) is 49.1 Å². The molecular weight excluding hydrogens is 1560 g/mol. The molecule has 4 aromatic heterocycles. The lowest BCUT2D eigenvalue weighted by Crippen LogP contribution is -2.47. The molecule has 0 spiro atoms. The van der Waals surface area contributed by atoms with Crippen molar-refractivity contribution >= 4 is 157 Å². The maximum Gasteiger partial charge on any atom is 0.407 e. The Labute approximate surface area is 571 Å². The zero-order valence-electron chi connectivity index (χ0n) is 47.3. The number of thiazole rings is 4. The van der Waals surface area contributed by atoms with Crippen molar-refractivity contribution in [2.45, 2.75) is 117 Å². The summed E-state index contributed by atoms with van der Waals surface area (Å²) in [6.07, 6.45) is 9.65. The second-order valence-electron chi connectivity index (χ2n) is 18.7. The van der Waals surface area contributed by atoms with Crippen molar-refractivity contribution in [1.29, 1.82) is 0 Å². The molecule has 484 valence electrons. The van der Waals surface area contributed by atoms with Crippen LogP contribution in [0.25, 0.3) is 0 Å². The number of aliphatic carboxylic acids is 1. The van der Waals surface area contributed by atoms with Crippen molar-refractivity contribution in [3.8, 4) is 0 Å². The van der Waals surface area contributed by atoms with Crippen LogP contribution < -0.4 is 21.3 Å². The number of amides is 7. The smallest absolute Gasteiger partial charge is 0.407 e. The normalized spacial score (nSPS) is 13.0. The first kappa shape index (κ1) is 82.8. The van der Waals surface area contributed by atoms with Crippen molar-refractivity contribution in [1.82, 2.24) is 55.9 Å². The molecular formula is C56H78BFI3N11O12S4. The van der Waals surface area contributed by atoms with Gasteiger partial charge < -0.3 is 65.1 Å². The Morgan fingerprint density at radius 1 is 0.659 bits per heavy atom. The van der Waals surface area contributed by atoms with Crippen molar-refractivity contribution in [2.24, 2.45) is 5.92 Å². The summed E-state index contributed by atoms with van der Waals surface area (Å²) >= 11 is 10.0. The Balaban J connectivity index is 0.00000148. The molecule has 5 atom stereocenters. The Hall–Kier alpha value is -5.25. The minimum absolute atomic E-state index is 0. The summed E-state index contributed by atoms with van der Waals surface area (Å²) in [5, 5.41) is 38.1. The van der Waals surface area contributed by atoms with Gasteiger partial charge in [0.25, 0.3) is 0 Å². The summed E-state index contributed by atoms with van der Waals surface area (Å²) in [6.45, 7) is 1.22. The molecule has 0 unspecified atom stereocenters. The molecule has 0 bridgehead atoms. The minimum atomic E-state index is -1.16. The quantitative estimate of drug-likeness (QED) is 0.0143. The van der Waals surface area contributed by atoms with E-state index in [9.17, 15) is 38.7 Å². The Morgan fingerprint density at radius 2 is 1.09 bits per heavy atom. The molecule has 1 fully saturated rings. The number of ketones is 1. The SMILES string of the molecule is C.C.CN(Cc1cncs1)C(=O)N[C@@H](CCO)C(=O)C[C@H](CC[C@H](Cc1ccccc1)NC(=O)OCc1cncs1)Cc1ccccc1.CN(Cc1cncs1)C(=O)N[C@@H](CCO)C(=O)O.CN(Cc1cncs1)C(=O)N[C@H]1CCOC1=O.I.II.[B]F. The summed E-state index contributed by atoms with van der Waals surface area (Å²) in [6, 6.07) is 16.1. The highest BCUT2D eigenvalue weighted by Crippen LogP contribution is 2.23. The van der Waals surface area contributed by atoms with E-state index in [1.165, 1.54) is 60.0 Å². The number of aliphatic hydroxyl groups excluding tert-OH is 2. The molecule has 7 N–H and O–H groups in total. The van der Waals surface area contributed by atoms with E-state index in [1.54, 1.807) is 68.0 Å². The van der Waals surface area contributed by atoms with E-state index in [0.29, 0.717) is 58.3 Å². The van der Waals surface area contributed by atoms with Crippen LogP contribution in [-0.2, 0) is 62.9 Å². The first-order valence-electron chi connectivity index (χ1n) is 26.2.